The van der Waals surface area contributed by atoms with Gasteiger partial charge >= 0.3 is 0 Å². The Labute approximate surface area is 88.2 Å². The summed E-state index contributed by atoms with van der Waals surface area (Å²) in [6, 6.07) is 5.02. The van der Waals surface area contributed by atoms with Gasteiger partial charge in [-0.1, -0.05) is 13.0 Å². The summed E-state index contributed by atoms with van der Waals surface area (Å²) < 4.78 is 0. The standard InChI is InChI=1S/C11H14N2O2/c1-11(4-5-11)10-3-2-9(13(14)15)6-8(10)7-12/h2-3,6H,4-5,7,12H2,1H3. The van der Waals surface area contributed by atoms with Crippen LogP contribution in [-0.4, -0.2) is 4.92 Å². The highest BCUT2D eigenvalue weighted by molar-refractivity contribution is 5.45. The Kier molecular flexibility index (Phi) is 2.23. The Balaban J connectivity index is 2.44. The maximum Gasteiger partial charge on any atom is 0.269 e. The quantitative estimate of drug-likeness (QED) is 0.608. The second-order valence-corrected chi connectivity index (χ2v) is 4.36. The van der Waals surface area contributed by atoms with Crippen molar-refractivity contribution in [2.45, 2.75) is 31.7 Å². The number of nitrogens with zero attached hydrogens (tertiary/aromatic N) is 1. The Morgan fingerprint density at radius 1 is 1.53 bits per heavy atom. The molecule has 15 heavy (non-hydrogen) atoms. The van der Waals surface area contributed by atoms with Crippen LogP contribution >= 0.6 is 0 Å². The third-order valence-electron chi connectivity index (χ3n) is 3.17. The Bertz CT molecular complexity index is 411. The SMILES string of the molecule is CC1(c2ccc([N+](=O)[O-])cc2CN)CC1. The summed E-state index contributed by atoms with van der Waals surface area (Å²) >= 11 is 0. The van der Waals surface area contributed by atoms with E-state index in [0.29, 0.717) is 6.54 Å². The number of rotatable bonds is 3. The molecule has 4 heteroatoms. The van der Waals surface area contributed by atoms with Crippen LogP contribution in [0.1, 0.15) is 30.9 Å². The summed E-state index contributed by atoms with van der Waals surface area (Å²) in [6.07, 6.45) is 2.30. The first-order chi connectivity index (χ1) is 7.07. The van der Waals surface area contributed by atoms with E-state index in [1.807, 2.05) is 6.07 Å². The van der Waals surface area contributed by atoms with Crippen molar-refractivity contribution >= 4 is 5.69 Å². The molecule has 0 unspecified atom stereocenters. The highest BCUT2D eigenvalue weighted by Crippen LogP contribution is 2.49. The summed E-state index contributed by atoms with van der Waals surface area (Å²) in [5.74, 6) is 0. The van der Waals surface area contributed by atoms with Gasteiger partial charge in [-0.3, -0.25) is 10.1 Å². The Hall–Kier alpha value is -1.42. The van der Waals surface area contributed by atoms with Gasteiger partial charge in [0.05, 0.1) is 4.92 Å². The lowest BCUT2D eigenvalue weighted by molar-refractivity contribution is -0.384. The molecule has 1 aromatic rings. The van der Waals surface area contributed by atoms with Crippen LogP contribution in [0, 0.1) is 10.1 Å². The number of non-ortho nitro benzene ring substituents is 1. The van der Waals surface area contributed by atoms with Crippen LogP contribution < -0.4 is 5.73 Å². The number of nitrogens with two attached hydrogens (primary N) is 1. The second kappa shape index (κ2) is 3.31. The summed E-state index contributed by atoms with van der Waals surface area (Å²) in [5.41, 5.74) is 8.05. The molecule has 1 aromatic carbocycles. The minimum atomic E-state index is -0.377. The Morgan fingerprint density at radius 3 is 2.67 bits per heavy atom. The van der Waals surface area contributed by atoms with E-state index in [-0.39, 0.29) is 16.0 Å². The highest BCUT2D eigenvalue weighted by atomic mass is 16.6. The van der Waals surface area contributed by atoms with E-state index in [4.69, 9.17) is 5.73 Å². The van der Waals surface area contributed by atoms with Crippen molar-refractivity contribution in [3.05, 3.63) is 39.4 Å². The minimum Gasteiger partial charge on any atom is -0.326 e. The molecule has 1 fully saturated rings. The summed E-state index contributed by atoms with van der Waals surface area (Å²) in [5, 5.41) is 10.6. The predicted molar refractivity (Wildman–Crippen MR) is 57.6 cm³/mol. The van der Waals surface area contributed by atoms with Crippen LogP contribution in [0.25, 0.3) is 0 Å². The normalized spacial score (nSPS) is 17.5. The van der Waals surface area contributed by atoms with Crippen molar-refractivity contribution in [3.8, 4) is 0 Å². The van der Waals surface area contributed by atoms with Gasteiger partial charge in [-0.15, -0.1) is 0 Å². The molecule has 0 spiro atoms. The zero-order chi connectivity index (χ0) is 11.1. The molecule has 2 N–H and O–H groups in total. The van der Waals surface area contributed by atoms with Gasteiger partial charge in [0.2, 0.25) is 0 Å². The van der Waals surface area contributed by atoms with Crippen molar-refractivity contribution in [1.82, 2.24) is 0 Å². The monoisotopic (exact) mass is 206 g/mol. The van der Waals surface area contributed by atoms with Crippen molar-refractivity contribution in [2.24, 2.45) is 5.73 Å². The zero-order valence-electron chi connectivity index (χ0n) is 8.69. The van der Waals surface area contributed by atoms with Crippen molar-refractivity contribution in [1.29, 1.82) is 0 Å². The van der Waals surface area contributed by atoms with Crippen LogP contribution in [0.15, 0.2) is 18.2 Å². The van der Waals surface area contributed by atoms with E-state index in [1.165, 1.54) is 5.56 Å². The van der Waals surface area contributed by atoms with E-state index in [0.717, 1.165) is 18.4 Å². The van der Waals surface area contributed by atoms with E-state index in [2.05, 4.69) is 6.92 Å². The fraction of sp³-hybridized carbons (Fsp3) is 0.455. The lowest BCUT2D eigenvalue weighted by Gasteiger charge is -2.13. The second-order valence-electron chi connectivity index (χ2n) is 4.36. The number of nitro benzene ring substituents is 1. The average molecular weight is 206 g/mol. The largest absolute Gasteiger partial charge is 0.326 e. The first kappa shape index (κ1) is 10.1. The molecule has 80 valence electrons. The van der Waals surface area contributed by atoms with Gasteiger partial charge in [0.25, 0.3) is 5.69 Å². The summed E-state index contributed by atoms with van der Waals surface area (Å²) in [6.45, 7) is 2.54. The lowest BCUT2D eigenvalue weighted by atomic mass is 9.93. The molecule has 0 saturated heterocycles. The van der Waals surface area contributed by atoms with Gasteiger partial charge in [0.15, 0.2) is 0 Å². The van der Waals surface area contributed by atoms with Gasteiger partial charge in [-0.05, 0) is 29.4 Å². The van der Waals surface area contributed by atoms with Crippen LogP contribution in [0.5, 0.6) is 0 Å². The average Bonchev–Trinajstić information content (AvgIpc) is 2.96. The van der Waals surface area contributed by atoms with Crippen LogP contribution in [0.4, 0.5) is 5.69 Å². The molecule has 0 bridgehead atoms. The molecule has 0 aromatic heterocycles. The minimum absolute atomic E-state index is 0.128. The molecule has 0 amide bonds. The summed E-state index contributed by atoms with van der Waals surface area (Å²) in [7, 11) is 0. The van der Waals surface area contributed by atoms with E-state index >= 15 is 0 Å². The molecule has 0 aliphatic heterocycles. The van der Waals surface area contributed by atoms with Gasteiger partial charge < -0.3 is 5.73 Å². The molecular formula is C11H14N2O2. The predicted octanol–water partition coefficient (Wildman–Crippen LogP) is 2.10. The molecule has 1 aliphatic carbocycles. The van der Waals surface area contributed by atoms with Gasteiger partial charge in [0, 0.05) is 18.7 Å². The molecular weight excluding hydrogens is 192 g/mol. The van der Waals surface area contributed by atoms with Crippen molar-refractivity contribution in [3.63, 3.8) is 0 Å². The topological polar surface area (TPSA) is 69.2 Å². The Morgan fingerprint density at radius 2 is 2.20 bits per heavy atom. The number of nitro groups is 1. The van der Waals surface area contributed by atoms with Crippen molar-refractivity contribution in [2.75, 3.05) is 0 Å². The molecule has 1 saturated carbocycles. The number of hydrogen-bond acceptors (Lipinski definition) is 3. The third kappa shape index (κ3) is 1.72. The molecule has 0 radical (unpaired) electrons. The highest BCUT2D eigenvalue weighted by Gasteiger charge is 2.40. The third-order valence-corrected chi connectivity index (χ3v) is 3.17. The van der Waals surface area contributed by atoms with Crippen molar-refractivity contribution < 1.29 is 4.92 Å². The fourth-order valence-corrected chi connectivity index (χ4v) is 1.91. The maximum absolute atomic E-state index is 10.6. The van der Waals surface area contributed by atoms with Gasteiger partial charge in [-0.25, -0.2) is 0 Å². The van der Waals surface area contributed by atoms with Crippen LogP contribution in [0.2, 0.25) is 0 Å². The van der Waals surface area contributed by atoms with Gasteiger partial charge in [-0.2, -0.15) is 0 Å². The number of benzene rings is 1. The maximum atomic E-state index is 10.6. The van der Waals surface area contributed by atoms with E-state index in [1.54, 1.807) is 12.1 Å². The van der Waals surface area contributed by atoms with Crippen LogP contribution in [-0.2, 0) is 12.0 Å². The molecule has 4 nitrogen and oxygen atoms in total. The smallest absolute Gasteiger partial charge is 0.269 e. The fourth-order valence-electron chi connectivity index (χ4n) is 1.91. The van der Waals surface area contributed by atoms with Gasteiger partial charge in [0.1, 0.15) is 0 Å². The molecule has 1 aliphatic rings. The zero-order valence-corrected chi connectivity index (χ0v) is 8.69. The lowest BCUT2D eigenvalue weighted by Crippen LogP contribution is -2.09. The number of hydrogen-bond donors (Lipinski definition) is 1. The molecule has 0 heterocycles. The summed E-state index contributed by atoms with van der Waals surface area (Å²) in [4.78, 5) is 10.2. The van der Waals surface area contributed by atoms with E-state index in [9.17, 15) is 10.1 Å². The van der Waals surface area contributed by atoms with Crippen LogP contribution in [0.3, 0.4) is 0 Å². The first-order valence-electron chi connectivity index (χ1n) is 5.05. The molecule has 0 atom stereocenters. The van der Waals surface area contributed by atoms with E-state index < -0.39 is 0 Å². The first-order valence-corrected chi connectivity index (χ1v) is 5.05. The molecule has 2 rings (SSSR count).